The summed E-state index contributed by atoms with van der Waals surface area (Å²) in [5, 5.41) is 19.8. The van der Waals surface area contributed by atoms with Crippen molar-refractivity contribution in [1.82, 2.24) is 0 Å². The number of anilines is 2. The lowest BCUT2D eigenvalue weighted by Gasteiger charge is -2.19. The lowest BCUT2D eigenvalue weighted by atomic mass is 10.1. The van der Waals surface area contributed by atoms with Crippen LogP contribution in [0.25, 0.3) is 0 Å². The second-order valence-electron chi connectivity index (χ2n) is 4.30. The number of hydrogen-bond donors (Lipinski definition) is 1. The first-order chi connectivity index (χ1) is 9.90. The molecule has 6 nitrogen and oxygen atoms in total. The average molecular weight is 290 g/mol. The van der Waals surface area contributed by atoms with Crippen LogP contribution in [0.4, 0.5) is 21.5 Å². The van der Waals surface area contributed by atoms with E-state index in [9.17, 15) is 19.3 Å². The molecule has 21 heavy (non-hydrogen) atoms. The number of carbonyl (C=O) groups is 1. The number of rotatable bonds is 4. The molecule has 0 amide bonds. The fourth-order valence-electron chi connectivity index (χ4n) is 1.89. The van der Waals surface area contributed by atoms with Gasteiger partial charge in [-0.15, -0.1) is 0 Å². The van der Waals surface area contributed by atoms with Crippen LogP contribution in [0.5, 0.6) is 0 Å². The fraction of sp³-hybridized carbons (Fsp3) is 0.0714. The monoisotopic (exact) mass is 290 g/mol. The Morgan fingerprint density at radius 1 is 1.24 bits per heavy atom. The van der Waals surface area contributed by atoms with Gasteiger partial charge in [0.1, 0.15) is 11.5 Å². The van der Waals surface area contributed by atoms with Crippen molar-refractivity contribution >= 4 is 23.0 Å². The molecule has 108 valence electrons. The molecule has 2 aromatic carbocycles. The summed E-state index contributed by atoms with van der Waals surface area (Å²) in [5.74, 6) is -1.75. The van der Waals surface area contributed by atoms with Crippen molar-refractivity contribution in [2.75, 3.05) is 11.9 Å². The van der Waals surface area contributed by atoms with Crippen molar-refractivity contribution in [2.24, 2.45) is 0 Å². The molecule has 0 heterocycles. The van der Waals surface area contributed by atoms with E-state index < -0.39 is 16.7 Å². The van der Waals surface area contributed by atoms with Crippen molar-refractivity contribution < 1.29 is 19.2 Å². The summed E-state index contributed by atoms with van der Waals surface area (Å²) in [4.78, 5) is 22.6. The molecule has 0 aromatic heterocycles. The molecular weight excluding hydrogens is 279 g/mol. The maximum atomic E-state index is 13.1. The zero-order valence-electron chi connectivity index (χ0n) is 11.0. The van der Waals surface area contributed by atoms with E-state index in [2.05, 4.69) is 0 Å². The predicted octanol–water partition coefficient (Wildman–Crippen LogP) is 3.20. The van der Waals surface area contributed by atoms with E-state index in [-0.39, 0.29) is 16.9 Å². The van der Waals surface area contributed by atoms with Crippen LogP contribution in [0.2, 0.25) is 0 Å². The van der Waals surface area contributed by atoms with Crippen molar-refractivity contribution in [1.29, 1.82) is 0 Å². The molecule has 0 aliphatic heterocycles. The summed E-state index contributed by atoms with van der Waals surface area (Å²) in [6.45, 7) is 0. The number of carboxylic acid groups (broad SMARTS) is 1. The SMILES string of the molecule is CN(c1ccc(C(=O)O)cc1)c1ccc(F)cc1[N+](=O)[O-]. The molecule has 7 heteroatoms. The molecule has 1 N–H and O–H groups in total. The third kappa shape index (κ3) is 2.97. The van der Waals surface area contributed by atoms with E-state index in [1.165, 1.54) is 35.2 Å². The third-order valence-corrected chi connectivity index (χ3v) is 3.00. The quantitative estimate of drug-likeness (QED) is 0.690. The van der Waals surface area contributed by atoms with Gasteiger partial charge in [0.05, 0.1) is 16.6 Å². The molecule has 2 rings (SSSR count). The van der Waals surface area contributed by atoms with Crippen LogP contribution in [-0.2, 0) is 0 Å². The zero-order valence-corrected chi connectivity index (χ0v) is 11.0. The Morgan fingerprint density at radius 2 is 1.86 bits per heavy atom. The van der Waals surface area contributed by atoms with Gasteiger partial charge in [0, 0.05) is 12.7 Å². The van der Waals surface area contributed by atoms with Crippen LogP contribution < -0.4 is 4.90 Å². The minimum absolute atomic E-state index is 0.112. The Balaban J connectivity index is 2.42. The summed E-state index contributed by atoms with van der Waals surface area (Å²) in [7, 11) is 1.58. The summed E-state index contributed by atoms with van der Waals surface area (Å²) in [6.07, 6.45) is 0. The summed E-state index contributed by atoms with van der Waals surface area (Å²) >= 11 is 0. The number of nitrogens with zero attached hydrogens (tertiary/aromatic N) is 2. The number of carboxylic acids is 1. The Morgan fingerprint density at radius 3 is 2.38 bits per heavy atom. The number of halogens is 1. The van der Waals surface area contributed by atoms with Crippen molar-refractivity contribution in [3.8, 4) is 0 Å². The van der Waals surface area contributed by atoms with Crippen LogP contribution in [0, 0.1) is 15.9 Å². The van der Waals surface area contributed by atoms with Crippen LogP contribution in [0.3, 0.4) is 0 Å². The topological polar surface area (TPSA) is 83.7 Å². The Labute approximate surface area is 119 Å². The van der Waals surface area contributed by atoms with Gasteiger partial charge in [-0.3, -0.25) is 10.1 Å². The normalized spacial score (nSPS) is 10.2. The molecule has 0 radical (unpaired) electrons. The maximum Gasteiger partial charge on any atom is 0.335 e. The van der Waals surface area contributed by atoms with Crippen molar-refractivity contribution in [3.05, 3.63) is 64.0 Å². The lowest BCUT2D eigenvalue weighted by molar-refractivity contribution is -0.384. The Bertz CT molecular complexity index is 701. The molecule has 2 aromatic rings. The van der Waals surface area contributed by atoms with Crippen molar-refractivity contribution in [2.45, 2.75) is 0 Å². The van der Waals surface area contributed by atoms with Gasteiger partial charge in [-0.1, -0.05) is 0 Å². The van der Waals surface area contributed by atoms with E-state index in [0.29, 0.717) is 5.69 Å². The molecule has 0 saturated carbocycles. The van der Waals surface area contributed by atoms with Gasteiger partial charge in [-0.05, 0) is 36.4 Å². The average Bonchev–Trinajstić information content (AvgIpc) is 2.46. The van der Waals surface area contributed by atoms with Crippen LogP contribution in [-0.4, -0.2) is 23.0 Å². The van der Waals surface area contributed by atoms with Gasteiger partial charge < -0.3 is 10.0 Å². The van der Waals surface area contributed by atoms with Crippen LogP contribution in [0.1, 0.15) is 10.4 Å². The Kier molecular flexibility index (Phi) is 3.84. The van der Waals surface area contributed by atoms with E-state index in [0.717, 1.165) is 12.1 Å². The van der Waals surface area contributed by atoms with E-state index in [1.807, 2.05) is 0 Å². The zero-order chi connectivity index (χ0) is 15.6. The molecule has 0 saturated heterocycles. The number of nitro groups is 1. The number of benzene rings is 2. The van der Waals surface area contributed by atoms with E-state index >= 15 is 0 Å². The van der Waals surface area contributed by atoms with Crippen molar-refractivity contribution in [3.63, 3.8) is 0 Å². The first-order valence-electron chi connectivity index (χ1n) is 5.91. The smallest absolute Gasteiger partial charge is 0.335 e. The number of nitro benzene ring substituents is 1. The van der Waals surface area contributed by atoms with Gasteiger partial charge in [0.25, 0.3) is 5.69 Å². The Hall–Kier alpha value is -2.96. The highest BCUT2D eigenvalue weighted by Gasteiger charge is 2.19. The highest BCUT2D eigenvalue weighted by molar-refractivity contribution is 5.88. The molecular formula is C14H11FN2O4. The molecule has 0 fully saturated rings. The first kappa shape index (κ1) is 14.4. The first-order valence-corrected chi connectivity index (χ1v) is 5.91. The molecule has 0 aliphatic carbocycles. The van der Waals surface area contributed by atoms with Gasteiger partial charge in [-0.25, -0.2) is 9.18 Å². The van der Waals surface area contributed by atoms with Gasteiger partial charge in [0.2, 0.25) is 0 Å². The third-order valence-electron chi connectivity index (χ3n) is 3.00. The molecule has 0 atom stereocenters. The molecule has 0 unspecified atom stereocenters. The summed E-state index contributed by atoms with van der Waals surface area (Å²) in [6, 6.07) is 9.11. The highest BCUT2D eigenvalue weighted by Crippen LogP contribution is 2.32. The summed E-state index contributed by atoms with van der Waals surface area (Å²) < 4.78 is 13.1. The second-order valence-corrected chi connectivity index (χ2v) is 4.30. The largest absolute Gasteiger partial charge is 0.478 e. The highest BCUT2D eigenvalue weighted by atomic mass is 19.1. The second kappa shape index (κ2) is 5.58. The standard InChI is InChI=1S/C14H11FN2O4/c1-16(11-5-2-9(3-6-11)14(18)19)12-7-4-10(15)8-13(12)17(20)21/h2-8H,1H3,(H,18,19). The molecule has 0 aliphatic rings. The van der Waals surface area contributed by atoms with Gasteiger partial charge in [-0.2, -0.15) is 0 Å². The van der Waals surface area contributed by atoms with Gasteiger partial charge in [0.15, 0.2) is 0 Å². The van der Waals surface area contributed by atoms with E-state index in [4.69, 9.17) is 5.11 Å². The minimum atomic E-state index is -1.06. The van der Waals surface area contributed by atoms with Gasteiger partial charge >= 0.3 is 5.97 Å². The maximum absolute atomic E-state index is 13.1. The molecule has 0 bridgehead atoms. The molecule has 0 spiro atoms. The minimum Gasteiger partial charge on any atom is -0.478 e. The van der Waals surface area contributed by atoms with Crippen LogP contribution >= 0.6 is 0 Å². The number of aromatic carboxylic acids is 1. The van der Waals surface area contributed by atoms with Crippen LogP contribution in [0.15, 0.2) is 42.5 Å². The lowest BCUT2D eigenvalue weighted by Crippen LogP contribution is -2.12. The predicted molar refractivity (Wildman–Crippen MR) is 74.5 cm³/mol. The van der Waals surface area contributed by atoms with E-state index in [1.54, 1.807) is 7.05 Å². The fourth-order valence-corrected chi connectivity index (χ4v) is 1.89. The summed E-state index contributed by atoms with van der Waals surface area (Å²) in [5.41, 5.74) is 0.514. The number of hydrogen-bond acceptors (Lipinski definition) is 4.